The standard InChI is InChI=1S/C8H6N2OS/c9-8-10-6-2-1-5(4-11)3-7(6)12-8/h1-4H,(H2,9,10). The Labute approximate surface area is 72.8 Å². The predicted molar refractivity (Wildman–Crippen MR) is 49.4 cm³/mol. The van der Waals surface area contributed by atoms with Gasteiger partial charge in [-0.15, -0.1) is 0 Å². The van der Waals surface area contributed by atoms with Crippen molar-refractivity contribution in [2.75, 3.05) is 5.73 Å². The number of carbonyl (C=O) groups is 1. The SMILES string of the molecule is Nc1nc2ccc(C=O)cc2s1. The Kier molecular flexibility index (Phi) is 1.55. The second-order valence-electron chi connectivity index (χ2n) is 2.40. The van der Waals surface area contributed by atoms with Crippen molar-refractivity contribution >= 4 is 33.0 Å². The smallest absolute Gasteiger partial charge is 0.181 e. The molecule has 0 saturated heterocycles. The van der Waals surface area contributed by atoms with Gasteiger partial charge in [0.2, 0.25) is 0 Å². The summed E-state index contributed by atoms with van der Waals surface area (Å²) in [6.07, 6.45) is 0.815. The van der Waals surface area contributed by atoms with E-state index in [1.165, 1.54) is 11.3 Å². The van der Waals surface area contributed by atoms with Crippen molar-refractivity contribution in [2.24, 2.45) is 0 Å². The van der Waals surface area contributed by atoms with E-state index in [4.69, 9.17) is 5.73 Å². The van der Waals surface area contributed by atoms with Gasteiger partial charge in [0.15, 0.2) is 5.13 Å². The topological polar surface area (TPSA) is 56.0 Å². The van der Waals surface area contributed by atoms with E-state index < -0.39 is 0 Å². The summed E-state index contributed by atoms with van der Waals surface area (Å²) in [7, 11) is 0. The predicted octanol–water partition coefficient (Wildman–Crippen LogP) is 1.69. The first-order chi connectivity index (χ1) is 5.79. The molecule has 0 aliphatic heterocycles. The first kappa shape index (κ1) is 7.24. The molecule has 0 radical (unpaired) electrons. The first-order valence-electron chi connectivity index (χ1n) is 3.41. The van der Waals surface area contributed by atoms with Gasteiger partial charge in [0, 0.05) is 5.56 Å². The van der Waals surface area contributed by atoms with Crippen LogP contribution < -0.4 is 5.73 Å². The molecule has 2 N–H and O–H groups in total. The van der Waals surface area contributed by atoms with E-state index in [-0.39, 0.29) is 0 Å². The molecule has 2 rings (SSSR count). The van der Waals surface area contributed by atoms with Crippen LogP contribution in [0.25, 0.3) is 10.2 Å². The van der Waals surface area contributed by atoms with Crippen LogP contribution in [0.3, 0.4) is 0 Å². The molecule has 12 heavy (non-hydrogen) atoms. The zero-order valence-corrected chi connectivity index (χ0v) is 6.97. The van der Waals surface area contributed by atoms with Gasteiger partial charge in [-0.2, -0.15) is 0 Å². The van der Waals surface area contributed by atoms with E-state index in [0.29, 0.717) is 10.7 Å². The molecule has 4 heteroatoms. The molecule has 0 aliphatic rings. The Morgan fingerprint density at radius 1 is 1.50 bits per heavy atom. The summed E-state index contributed by atoms with van der Waals surface area (Å²) in [6.45, 7) is 0. The van der Waals surface area contributed by atoms with Crippen LogP contribution in [0.15, 0.2) is 18.2 Å². The van der Waals surface area contributed by atoms with Crippen LogP contribution in [0.5, 0.6) is 0 Å². The molecular weight excluding hydrogens is 172 g/mol. The third-order valence-corrected chi connectivity index (χ3v) is 2.41. The minimum Gasteiger partial charge on any atom is -0.375 e. The Bertz CT molecular complexity index is 436. The molecular formula is C8H6N2OS. The summed E-state index contributed by atoms with van der Waals surface area (Å²) in [4.78, 5) is 14.5. The number of hydrogen-bond acceptors (Lipinski definition) is 4. The molecule has 0 fully saturated rings. The largest absolute Gasteiger partial charge is 0.375 e. The summed E-state index contributed by atoms with van der Waals surface area (Å²) in [6, 6.07) is 5.32. The normalized spacial score (nSPS) is 10.3. The van der Waals surface area contributed by atoms with E-state index in [2.05, 4.69) is 4.98 Å². The van der Waals surface area contributed by atoms with Gasteiger partial charge >= 0.3 is 0 Å². The van der Waals surface area contributed by atoms with Crippen molar-refractivity contribution in [1.29, 1.82) is 0 Å². The maximum Gasteiger partial charge on any atom is 0.181 e. The van der Waals surface area contributed by atoms with Gasteiger partial charge in [-0.05, 0) is 18.2 Å². The number of nitrogens with two attached hydrogens (primary N) is 1. The highest BCUT2D eigenvalue weighted by atomic mass is 32.1. The maximum absolute atomic E-state index is 10.4. The molecule has 2 aromatic rings. The van der Waals surface area contributed by atoms with E-state index in [9.17, 15) is 4.79 Å². The Balaban J connectivity index is 2.74. The molecule has 0 amide bonds. The number of aromatic nitrogens is 1. The molecule has 1 aromatic heterocycles. The number of rotatable bonds is 1. The van der Waals surface area contributed by atoms with Crippen molar-refractivity contribution in [3.8, 4) is 0 Å². The molecule has 0 bridgehead atoms. The number of carbonyl (C=O) groups excluding carboxylic acids is 1. The molecule has 0 aliphatic carbocycles. The summed E-state index contributed by atoms with van der Waals surface area (Å²) in [5, 5.41) is 0.535. The second kappa shape index (κ2) is 2.57. The third kappa shape index (κ3) is 1.06. The molecule has 0 spiro atoms. The Morgan fingerprint density at radius 2 is 2.33 bits per heavy atom. The van der Waals surface area contributed by atoms with Crippen molar-refractivity contribution in [1.82, 2.24) is 4.98 Å². The number of benzene rings is 1. The van der Waals surface area contributed by atoms with Crippen LogP contribution in [0, 0.1) is 0 Å². The Hall–Kier alpha value is -1.42. The molecule has 3 nitrogen and oxygen atoms in total. The molecule has 1 heterocycles. The van der Waals surface area contributed by atoms with Crippen LogP contribution in [0.2, 0.25) is 0 Å². The molecule has 0 atom stereocenters. The Morgan fingerprint density at radius 3 is 3.08 bits per heavy atom. The van der Waals surface area contributed by atoms with E-state index in [1.807, 2.05) is 0 Å². The van der Waals surface area contributed by atoms with Crippen molar-refractivity contribution in [3.63, 3.8) is 0 Å². The minimum atomic E-state index is 0.535. The van der Waals surface area contributed by atoms with Crippen molar-refractivity contribution in [2.45, 2.75) is 0 Å². The highest BCUT2D eigenvalue weighted by Crippen LogP contribution is 2.23. The first-order valence-corrected chi connectivity index (χ1v) is 4.22. The van der Waals surface area contributed by atoms with Gasteiger partial charge < -0.3 is 5.73 Å². The number of aldehydes is 1. The van der Waals surface area contributed by atoms with Crippen LogP contribution in [0.4, 0.5) is 5.13 Å². The number of nitrogens with zero attached hydrogens (tertiary/aromatic N) is 1. The fraction of sp³-hybridized carbons (Fsp3) is 0. The summed E-state index contributed by atoms with van der Waals surface area (Å²) in [5.41, 5.74) is 7.01. The van der Waals surface area contributed by atoms with E-state index in [1.54, 1.807) is 18.2 Å². The zero-order chi connectivity index (χ0) is 8.55. The number of hydrogen-bond donors (Lipinski definition) is 1. The quantitative estimate of drug-likeness (QED) is 0.676. The average Bonchev–Trinajstić information content (AvgIpc) is 2.43. The van der Waals surface area contributed by atoms with E-state index >= 15 is 0 Å². The number of fused-ring (bicyclic) bond motifs is 1. The van der Waals surface area contributed by atoms with Gasteiger partial charge in [0.1, 0.15) is 6.29 Å². The fourth-order valence-electron chi connectivity index (χ4n) is 1.03. The van der Waals surface area contributed by atoms with Crippen molar-refractivity contribution < 1.29 is 4.79 Å². The molecule has 0 unspecified atom stereocenters. The second-order valence-corrected chi connectivity index (χ2v) is 3.46. The highest BCUT2D eigenvalue weighted by molar-refractivity contribution is 7.22. The lowest BCUT2D eigenvalue weighted by Gasteiger charge is -1.87. The van der Waals surface area contributed by atoms with Gasteiger partial charge in [-0.3, -0.25) is 4.79 Å². The molecule has 1 aromatic carbocycles. The third-order valence-electron chi connectivity index (χ3n) is 1.57. The van der Waals surface area contributed by atoms with Crippen molar-refractivity contribution in [3.05, 3.63) is 23.8 Å². The van der Waals surface area contributed by atoms with Crippen LogP contribution in [-0.2, 0) is 0 Å². The number of thiazole rings is 1. The minimum absolute atomic E-state index is 0.535. The van der Waals surface area contributed by atoms with Gasteiger partial charge in [-0.1, -0.05) is 11.3 Å². The number of nitrogen functional groups attached to an aromatic ring is 1. The van der Waals surface area contributed by atoms with Crippen LogP contribution >= 0.6 is 11.3 Å². The summed E-state index contributed by atoms with van der Waals surface area (Å²) in [5.74, 6) is 0. The average molecular weight is 178 g/mol. The van der Waals surface area contributed by atoms with E-state index in [0.717, 1.165) is 16.5 Å². The van der Waals surface area contributed by atoms with Gasteiger partial charge in [0.25, 0.3) is 0 Å². The summed E-state index contributed by atoms with van der Waals surface area (Å²) >= 11 is 1.39. The van der Waals surface area contributed by atoms with Crippen LogP contribution in [0.1, 0.15) is 10.4 Å². The zero-order valence-electron chi connectivity index (χ0n) is 6.15. The maximum atomic E-state index is 10.4. The van der Waals surface area contributed by atoms with Crippen LogP contribution in [-0.4, -0.2) is 11.3 Å². The summed E-state index contributed by atoms with van der Waals surface area (Å²) < 4.78 is 0.956. The molecule has 60 valence electrons. The lowest BCUT2D eigenvalue weighted by molar-refractivity contribution is 0.112. The fourth-order valence-corrected chi connectivity index (χ4v) is 1.81. The lowest BCUT2D eigenvalue weighted by Crippen LogP contribution is -1.79. The molecule has 0 saturated carbocycles. The van der Waals surface area contributed by atoms with Gasteiger partial charge in [0.05, 0.1) is 10.2 Å². The van der Waals surface area contributed by atoms with Gasteiger partial charge in [-0.25, -0.2) is 4.98 Å². The number of anilines is 1. The highest BCUT2D eigenvalue weighted by Gasteiger charge is 2.00. The monoisotopic (exact) mass is 178 g/mol. The lowest BCUT2D eigenvalue weighted by atomic mass is 10.2.